The van der Waals surface area contributed by atoms with Gasteiger partial charge in [0.15, 0.2) is 0 Å². The largest absolute Gasteiger partial charge is 0.0466 e. The van der Waals surface area contributed by atoms with Gasteiger partial charge in [-0.25, -0.2) is 0 Å². The maximum atomic E-state index is 12.4. The van der Waals surface area contributed by atoms with Crippen LogP contribution in [0.2, 0.25) is 0 Å². The molecule has 1 amide bonds. The molecule has 1 aliphatic rings. The third-order valence-electron chi connectivity index (χ3n) is 5.24. The molecule has 3 rings (SSSR count). The van der Waals surface area contributed by atoms with E-state index in [0.717, 1.165) is 21.5 Å². The first-order valence-electron chi connectivity index (χ1n) is 10.7. The molecular formula is C23H32IN2O3S-. The van der Waals surface area contributed by atoms with E-state index in [2.05, 4.69) is 10.3 Å². The Hall–Kier alpha value is -1.22. The Kier molecular flexibility index (Phi) is 9.36. The molecule has 1 aromatic heterocycles. The minimum Gasteiger partial charge on any atom is -0.0466 e. The fourth-order valence-electron chi connectivity index (χ4n) is 3.60. The summed E-state index contributed by atoms with van der Waals surface area (Å²) >= 11 is 0.267. The number of oxazole rings is 1. The first-order chi connectivity index (χ1) is 14.5. The molecule has 2 aromatic rings. The van der Waals surface area contributed by atoms with Gasteiger partial charge in [0.05, 0.1) is 0 Å². The third kappa shape index (κ3) is 7.48. The Bertz CT molecular complexity index is 862. The number of hydrogen-bond acceptors (Lipinski definition) is 4. The molecule has 1 heterocycles. The van der Waals surface area contributed by atoms with Crippen molar-refractivity contribution in [2.75, 3.05) is 16.7 Å². The van der Waals surface area contributed by atoms with Gasteiger partial charge in [-0.3, -0.25) is 0 Å². The maximum absolute atomic E-state index is 12.4. The Labute approximate surface area is 192 Å². The molecule has 0 radical (unpaired) electrons. The molecule has 0 spiro atoms. The molecule has 7 heteroatoms. The van der Waals surface area contributed by atoms with Gasteiger partial charge >= 0.3 is 156 Å². The summed E-state index contributed by atoms with van der Waals surface area (Å²) in [5.74, 6) is 1.32. The summed E-state index contributed by atoms with van der Waals surface area (Å²) in [5, 5.41) is 2.93. The van der Waals surface area contributed by atoms with Crippen molar-refractivity contribution in [2.24, 2.45) is 0 Å². The van der Waals surface area contributed by atoms with Gasteiger partial charge in [-0.1, -0.05) is 17.7 Å². The molecule has 1 aliphatic carbocycles. The van der Waals surface area contributed by atoms with Crippen LogP contribution >= 0.6 is 0 Å². The van der Waals surface area contributed by atoms with Gasteiger partial charge in [-0.15, -0.1) is 0 Å². The molecule has 1 unspecified atom stereocenters. The summed E-state index contributed by atoms with van der Waals surface area (Å²) in [5.41, 5.74) is 2.70. The van der Waals surface area contributed by atoms with Crippen LogP contribution in [-0.4, -0.2) is 35.7 Å². The number of nitrogens with one attached hydrogen (secondary N) is 1. The number of carbonyl (C=O) groups is 1. The average molecular weight is 543 g/mol. The number of amides is 1. The number of carbonyl (C=O) groups excluding carboxylic acids is 1. The SMILES string of the molecule is Cc1cccc(-c2nc(CS(=O)CC(=O)NCCC[I-]C3CCCCC3)c(C)o2)c1. The number of hydrogen-bond donors (Lipinski definition) is 1. The van der Waals surface area contributed by atoms with Crippen LogP contribution in [0, 0.1) is 13.8 Å². The summed E-state index contributed by atoms with van der Waals surface area (Å²) in [6.45, 7) is 4.54. The summed E-state index contributed by atoms with van der Waals surface area (Å²) in [6.07, 6.45) is 8.12. The maximum Gasteiger partial charge on any atom is -0.0466 e. The molecule has 166 valence electrons. The second kappa shape index (κ2) is 12.0. The molecule has 0 bridgehead atoms. The van der Waals surface area contributed by atoms with E-state index < -0.39 is 10.8 Å². The number of alkyl halides is 2. The molecule has 1 fully saturated rings. The number of benzene rings is 1. The van der Waals surface area contributed by atoms with Crippen molar-refractivity contribution in [1.82, 2.24) is 10.3 Å². The first kappa shape index (κ1) is 23.4. The van der Waals surface area contributed by atoms with Crippen LogP contribution in [0.25, 0.3) is 11.5 Å². The van der Waals surface area contributed by atoms with Crippen molar-refractivity contribution >= 4 is 16.7 Å². The third-order valence-corrected chi connectivity index (χ3v) is 10.3. The van der Waals surface area contributed by atoms with Gasteiger partial charge in [-0.2, -0.15) is 0 Å². The second-order valence-electron chi connectivity index (χ2n) is 7.90. The van der Waals surface area contributed by atoms with Gasteiger partial charge in [0.1, 0.15) is 0 Å². The van der Waals surface area contributed by atoms with Crippen molar-refractivity contribution in [2.45, 2.75) is 62.0 Å². The summed E-state index contributed by atoms with van der Waals surface area (Å²) in [4.78, 5) is 16.6. The van der Waals surface area contributed by atoms with Crippen LogP contribution in [0.3, 0.4) is 0 Å². The van der Waals surface area contributed by atoms with Crippen LogP contribution in [0.5, 0.6) is 0 Å². The zero-order valence-electron chi connectivity index (χ0n) is 17.9. The van der Waals surface area contributed by atoms with E-state index in [0.29, 0.717) is 23.9 Å². The minimum atomic E-state index is -1.30. The van der Waals surface area contributed by atoms with E-state index in [9.17, 15) is 9.00 Å². The zero-order valence-corrected chi connectivity index (χ0v) is 20.9. The normalized spacial score (nSPS) is 15.9. The smallest absolute Gasteiger partial charge is 0.0466 e. The summed E-state index contributed by atoms with van der Waals surface area (Å²) in [7, 11) is -1.30. The topological polar surface area (TPSA) is 72.2 Å². The molecule has 5 nitrogen and oxygen atoms in total. The molecular weight excluding hydrogens is 511 g/mol. The van der Waals surface area contributed by atoms with E-state index in [4.69, 9.17) is 4.42 Å². The van der Waals surface area contributed by atoms with Gasteiger partial charge in [0.2, 0.25) is 0 Å². The van der Waals surface area contributed by atoms with Crippen LogP contribution in [0.15, 0.2) is 28.7 Å². The summed E-state index contributed by atoms with van der Waals surface area (Å²) in [6, 6.07) is 7.94. The van der Waals surface area contributed by atoms with Crippen LogP contribution in [-0.2, 0) is 21.3 Å². The van der Waals surface area contributed by atoms with E-state index in [1.807, 2.05) is 38.1 Å². The second-order valence-corrected chi connectivity index (χ2v) is 13.1. The monoisotopic (exact) mass is 543 g/mol. The van der Waals surface area contributed by atoms with Crippen molar-refractivity contribution in [3.05, 3.63) is 41.3 Å². The predicted molar refractivity (Wildman–Crippen MR) is 117 cm³/mol. The number of halogens is 1. The van der Waals surface area contributed by atoms with E-state index in [-0.39, 0.29) is 38.6 Å². The fraction of sp³-hybridized carbons (Fsp3) is 0.565. The van der Waals surface area contributed by atoms with E-state index in [1.54, 1.807) is 0 Å². The predicted octanol–water partition coefficient (Wildman–Crippen LogP) is 1.14. The van der Waals surface area contributed by atoms with Crippen molar-refractivity contribution in [3.63, 3.8) is 0 Å². The van der Waals surface area contributed by atoms with Crippen molar-refractivity contribution in [1.29, 1.82) is 0 Å². The molecule has 0 saturated heterocycles. The summed E-state index contributed by atoms with van der Waals surface area (Å²) < 4.78 is 20.5. The zero-order chi connectivity index (χ0) is 21.3. The van der Waals surface area contributed by atoms with Crippen molar-refractivity contribution < 1.29 is 34.6 Å². The number of aryl methyl sites for hydroxylation is 2. The number of nitrogens with zero attached hydrogens (tertiary/aromatic N) is 1. The van der Waals surface area contributed by atoms with Gasteiger partial charge in [0.25, 0.3) is 0 Å². The quantitative estimate of drug-likeness (QED) is 0.277. The Morgan fingerprint density at radius 2 is 2.07 bits per heavy atom. The van der Waals surface area contributed by atoms with Crippen LogP contribution < -0.4 is 26.5 Å². The average Bonchev–Trinajstić information content (AvgIpc) is 3.08. The van der Waals surface area contributed by atoms with Gasteiger partial charge in [-0.05, 0) is 19.1 Å². The fourth-order valence-corrected chi connectivity index (χ4v) is 8.13. The van der Waals surface area contributed by atoms with E-state index >= 15 is 0 Å². The Morgan fingerprint density at radius 1 is 1.27 bits per heavy atom. The molecule has 1 saturated carbocycles. The van der Waals surface area contributed by atoms with Crippen molar-refractivity contribution in [3.8, 4) is 11.5 Å². The van der Waals surface area contributed by atoms with Crippen LogP contribution in [0.4, 0.5) is 0 Å². The van der Waals surface area contributed by atoms with Gasteiger partial charge in [0, 0.05) is 0 Å². The standard InChI is InChI=1S/C23H32IN2O3S/c1-17-8-6-9-19(14-17)23-26-21(18(2)29-23)15-30(28)16-22(27)25-13-7-12-24-20-10-4-3-5-11-20/h6,8-9,14,20H,3-5,7,10-13,15-16H2,1-2H3,(H,25,27)/q-1. The van der Waals surface area contributed by atoms with E-state index in [1.165, 1.54) is 36.5 Å². The Morgan fingerprint density at radius 3 is 2.83 bits per heavy atom. The molecule has 30 heavy (non-hydrogen) atoms. The molecule has 1 atom stereocenters. The first-order valence-corrected chi connectivity index (χ1v) is 15.0. The van der Waals surface area contributed by atoms with Gasteiger partial charge < -0.3 is 0 Å². The Balaban J connectivity index is 1.38. The number of aromatic nitrogens is 1. The molecule has 1 aromatic carbocycles. The molecule has 1 N–H and O–H groups in total. The van der Waals surface area contributed by atoms with Crippen LogP contribution in [0.1, 0.15) is 55.5 Å². The number of rotatable bonds is 10. The minimum absolute atomic E-state index is 0.0176. The molecule has 0 aliphatic heterocycles.